The van der Waals surface area contributed by atoms with Gasteiger partial charge in [0.25, 0.3) is 0 Å². The average molecular weight is 238 g/mol. The van der Waals surface area contributed by atoms with Gasteiger partial charge >= 0.3 is 0 Å². The highest BCUT2D eigenvalue weighted by Crippen LogP contribution is 2.32. The van der Waals surface area contributed by atoms with Gasteiger partial charge in [-0.15, -0.1) is 0 Å². The van der Waals surface area contributed by atoms with Gasteiger partial charge in [0.15, 0.2) is 0 Å². The first-order valence-corrected chi connectivity index (χ1v) is 5.09. The first kappa shape index (κ1) is 11.1. The fourth-order valence-corrected chi connectivity index (χ4v) is 1.86. The molecule has 0 aromatic heterocycles. The number of benzene rings is 2. The second-order valence-corrected chi connectivity index (χ2v) is 3.86. The Labute approximate surface area is 97.5 Å². The van der Waals surface area contributed by atoms with Crippen LogP contribution in [0.4, 0.5) is 8.78 Å². The largest absolute Gasteiger partial charge is 0.207 e. The van der Waals surface area contributed by atoms with E-state index in [1.165, 1.54) is 30.3 Å². The van der Waals surface area contributed by atoms with Crippen molar-refractivity contribution in [3.05, 3.63) is 58.6 Å². The van der Waals surface area contributed by atoms with Crippen molar-refractivity contribution < 1.29 is 8.78 Å². The van der Waals surface area contributed by atoms with Crippen molar-refractivity contribution in [3.63, 3.8) is 0 Å². The Hall–Kier alpha value is -1.41. The van der Waals surface area contributed by atoms with Crippen molar-refractivity contribution in [1.29, 1.82) is 0 Å². The van der Waals surface area contributed by atoms with Crippen LogP contribution in [0, 0.1) is 24.6 Å². The third-order valence-corrected chi connectivity index (χ3v) is 2.66. The molecule has 0 spiro atoms. The lowest BCUT2D eigenvalue weighted by Gasteiger charge is -2.08. The zero-order chi connectivity index (χ0) is 11.7. The molecule has 0 fully saturated rings. The molecule has 0 aliphatic rings. The van der Waals surface area contributed by atoms with Gasteiger partial charge in [-0.3, -0.25) is 0 Å². The molecule has 0 amide bonds. The van der Waals surface area contributed by atoms with Gasteiger partial charge in [0, 0.05) is 11.1 Å². The highest BCUT2D eigenvalue weighted by molar-refractivity contribution is 6.33. The van der Waals surface area contributed by atoms with Gasteiger partial charge in [0.1, 0.15) is 11.6 Å². The molecule has 0 aliphatic heterocycles. The topological polar surface area (TPSA) is 0 Å². The monoisotopic (exact) mass is 237 g/mol. The fourth-order valence-electron chi connectivity index (χ4n) is 1.60. The van der Waals surface area contributed by atoms with Crippen molar-refractivity contribution in [2.45, 2.75) is 6.92 Å². The van der Waals surface area contributed by atoms with Crippen molar-refractivity contribution in [2.24, 2.45) is 0 Å². The van der Waals surface area contributed by atoms with E-state index in [1.807, 2.05) is 0 Å². The molecule has 0 saturated carbocycles. The van der Waals surface area contributed by atoms with Crippen molar-refractivity contribution >= 4 is 11.6 Å². The quantitative estimate of drug-likeness (QED) is 0.690. The second kappa shape index (κ2) is 4.22. The molecule has 2 aromatic rings. The van der Waals surface area contributed by atoms with E-state index >= 15 is 0 Å². The molecule has 0 aliphatic carbocycles. The van der Waals surface area contributed by atoms with Crippen molar-refractivity contribution in [2.75, 3.05) is 0 Å². The molecule has 2 rings (SSSR count). The smallest absolute Gasteiger partial charge is 0.131 e. The maximum atomic E-state index is 13.6. The average Bonchev–Trinajstić information content (AvgIpc) is 2.20. The Morgan fingerprint density at radius 1 is 1.19 bits per heavy atom. The zero-order valence-electron chi connectivity index (χ0n) is 8.52. The van der Waals surface area contributed by atoms with E-state index in [4.69, 9.17) is 11.6 Å². The lowest BCUT2D eigenvalue weighted by Crippen LogP contribution is -1.90. The fraction of sp³-hybridized carbons (Fsp3) is 0.0769. The summed E-state index contributed by atoms with van der Waals surface area (Å²) in [4.78, 5) is 0. The molecule has 0 unspecified atom stereocenters. The Morgan fingerprint density at radius 3 is 2.56 bits per heavy atom. The summed E-state index contributed by atoms with van der Waals surface area (Å²) in [6.07, 6.45) is 0. The molecule has 16 heavy (non-hydrogen) atoms. The summed E-state index contributed by atoms with van der Waals surface area (Å²) in [7, 11) is 0. The lowest BCUT2D eigenvalue weighted by molar-refractivity contribution is 0.625. The Morgan fingerprint density at radius 2 is 1.94 bits per heavy atom. The molecule has 0 nitrogen and oxygen atoms in total. The number of hydrogen-bond donors (Lipinski definition) is 0. The van der Waals surface area contributed by atoms with E-state index in [2.05, 4.69) is 6.07 Å². The molecule has 3 heteroatoms. The van der Waals surface area contributed by atoms with Gasteiger partial charge in [-0.2, -0.15) is 0 Å². The van der Waals surface area contributed by atoms with Crippen LogP contribution < -0.4 is 0 Å². The number of halogens is 3. The van der Waals surface area contributed by atoms with Gasteiger partial charge in [-0.25, -0.2) is 8.78 Å². The molecule has 81 valence electrons. The van der Waals surface area contributed by atoms with Crippen LogP contribution in [0.25, 0.3) is 11.1 Å². The van der Waals surface area contributed by atoms with Gasteiger partial charge < -0.3 is 0 Å². The van der Waals surface area contributed by atoms with Gasteiger partial charge in [-0.1, -0.05) is 17.7 Å². The first-order chi connectivity index (χ1) is 7.59. The van der Waals surface area contributed by atoms with E-state index < -0.39 is 5.82 Å². The van der Waals surface area contributed by atoms with Gasteiger partial charge in [0.05, 0.1) is 5.02 Å². The Kier molecular flexibility index (Phi) is 2.92. The van der Waals surface area contributed by atoms with Gasteiger partial charge in [-0.05, 0) is 42.8 Å². The predicted molar refractivity (Wildman–Crippen MR) is 60.4 cm³/mol. The highest BCUT2D eigenvalue weighted by Gasteiger charge is 2.11. The summed E-state index contributed by atoms with van der Waals surface area (Å²) < 4.78 is 26.5. The SMILES string of the molecule is Cc1[c]ccc(F)c1-c1ccc(F)cc1Cl. The van der Waals surface area contributed by atoms with E-state index in [0.717, 1.165) is 0 Å². The van der Waals surface area contributed by atoms with Crippen LogP contribution in [-0.2, 0) is 0 Å². The van der Waals surface area contributed by atoms with Crippen LogP contribution in [0.1, 0.15) is 5.56 Å². The molecular weight excluding hydrogens is 230 g/mol. The summed E-state index contributed by atoms with van der Waals surface area (Å²) in [6, 6.07) is 9.60. The van der Waals surface area contributed by atoms with E-state index in [9.17, 15) is 8.78 Å². The normalized spacial score (nSPS) is 10.5. The second-order valence-electron chi connectivity index (χ2n) is 3.45. The van der Waals surface area contributed by atoms with E-state index in [0.29, 0.717) is 16.7 Å². The first-order valence-electron chi connectivity index (χ1n) is 4.72. The molecule has 2 aromatic carbocycles. The number of rotatable bonds is 1. The molecule has 0 heterocycles. The van der Waals surface area contributed by atoms with Crippen LogP contribution >= 0.6 is 11.6 Å². The predicted octanol–water partition coefficient (Wildman–Crippen LogP) is 4.39. The molecule has 1 radical (unpaired) electrons. The van der Waals surface area contributed by atoms with Crippen LogP contribution in [0.2, 0.25) is 5.02 Å². The Balaban J connectivity index is 2.68. The van der Waals surface area contributed by atoms with E-state index in [1.54, 1.807) is 6.92 Å². The van der Waals surface area contributed by atoms with Crippen LogP contribution in [0.5, 0.6) is 0 Å². The van der Waals surface area contributed by atoms with E-state index in [-0.39, 0.29) is 10.8 Å². The van der Waals surface area contributed by atoms with Crippen LogP contribution in [-0.4, -0.2) is 0 Å². The third kappa shape index (κ3) is 1.93. The molecule has 0 bridgehead atoms. The summed E-state index contributed by atoms with van der Waals surface area (Å²) in [6.45, 7) is 1.73. The maximum absolute atomic E-state index is 13.6. The van der Waals surface area contributed by atoms with Crippen molar-refractivity contribution in [1.82, 2.24) is 0 Å². The molecular formula is C13H8ClF2. The zero-order valence-corrected chi connectivity index (χ0v) is 9.28. The summed E-state index contributed by atoms with van der Waals surface area (Å²) in [5.41, 5.74) is 1.50. The number of aryl methyl sites for hydroxylation is 1. The van der Waals surface area contributed by atoms with Crippen LogP contribution in [0.3, 0.4) is 0 Å². The summed E-state index contributed by atoms with van der Waals surface area (Å²) in [5.74, 6) is -0.823. The Bertz CT molecular complexity index is 515. The maximum Gasteiger partial charge on any atom is 0.131 e. The molecule has 0 N–H and O–H groups in total. The molecule has 0 atom stereocenters. The summed E-state index contributed by atoms with van der Waals surface area (Å²) in [5, 5.41) is 0.196. The van der Waals surface area contributed by atoms with Gasteiger partial charge in [0.2, 0.25) is 0 Å². The highest BCUT2D eigenvalue weighted by atomic mass is 35.5. The minimum absolute atomic E-state index is 0.196. The molecule has 0 saturated heterocycles. The summed E-state index contributed by atoms with van der Waals surface area (Å²) >= 11 is 5.89. The minimum atomic E-state index is -0.438. The van der Waals surface area contributed by atoms with Crippen molar-refractivity contribution in [3.8, 4) is 11.1 Å². The number of hydrogen-bond acceptors (Lipinski definition) is 0. The standard InChI is InChI=1S/C13H8ClF2/c1-8-3-2-4-12(16)13(8)10-6-5-9(15)7-11(10)14/h2,4-7H,1H3. The lowest BCUT2D eigenvalue weighted by atomic mass is 10.00. The minimum Gasteiger partial charge on any atom is -0.207 e. The van der Waals surface area contributed by atoms with Crippen LogP contribution in [0.15, 0.2) is 30.3 Å². The third-order valence-electron chi connectivity index (χ3n) is 2.34.